The summed E-state index contributed by atoms with van der Waals surface area (Å²) in [6, 6.07) is 2.12. The van der Waals surface area contributed by atoms with E-state index in [0.717, 1.165) is 22.1 Å². The first kappa shape index (κ1) is 28.0. The number of benzene rings is 1. The molecule has 6 rings (SSSR count). The van der Waals surface area contributed by atoms with Gasteiger partial charge >= 0.3 is 5.97 Å². The Morgan fingerprint density at radius 3 is 2.81 bits per heavy atom. The Bertz CT molecular complexity index is 1730. The molecule has 0 bridgehead atoms. The molecular weight excluding hydrogens is 545 g/mol. The largest absolute Gasteiger partial charge is 0.460 e. The fourth-order valence-electron chi connectivity index (χ4n) is 6.25. The molecule has 1 aromatic carbocycles. The number of hydrogen-bond acceptors (Lipinski definition) is 8. The number of amides is 2. The molecule has 4 heterocycles. The van der Waals surface area contributed by atoms with Gasteiger partial charge in [0.2, 0.25) is 11.8 Å². The lowest BCUT2D eigenvalue weighted by atomic mass is 9.81. The molecule has 1 aliphatic carbocycles. The number of hydrogen-bond donors (Lipinski definition) is 3. The van der Waals surface area contributed by atoms with Gasteiger partial charge < -0.3 is 30.4 Å². The molecule has 220 valence electrons. The maximum absolute atomic E-state index is 15.0. The molecule has 0 radical (unpaired) electrons. The van der Waals surface area contributed by atoms with Gasteiger partial charge in [-0.2, -0.15) is 0 Å². The van der Waals surface area contributed by atoms with E-state index in [1.165, 1.54) is 6.07 Å². The second-order valence-corrected chi connectivity index (χ2v) is 11.1. The number of nitrogens with two attached hydrogens (primary N) is 1. The Hall–Kier alpha value is -4.16. The van der Waals surface area contributed by atoms with Crippen LogP contribution in [0.5, 0.6) is 0 Å². The minimum absolute atomic E-state index is 0.0890. The van der Waals surface area contributed by atoms with Crippen LogP contribution in [0.3, 0.4) is 0 Å². The highest BCUT2D eigenvalue weighted by atomic mass is 19.1. The van der Waals surface area contributed by atoms with Crippen LogP contribution in [-0.2, 0) is 43.4 Å². The molecule has 2 amide bonds. The third-order valence-electron chi connectivity index (χ3n) is 8.64. The first-order valence-electron chi connectivity index (χ1n) is 14.1. The highest BCUT2D eigenvalue weighted by molar-refractivity contribution is 5.94. The molecule has 4 N–H and O–H groups in total. The zero-order valence-electron chi connectivity index (χ0n) is 23.6. The summed E-state index contributed by atoms with van der Waals surface area (Å²) in [5.41, 5.74) is 11.0. The number of fused-ring (bicyclic) bond motifs is 5. The van der Waals surface area contributed by atoms with E-state index in [9.17, 15) is 19.2 Å². The Morgan fingerprint density at radius 1 is 1.26 bits per heavy atom. The second kappa shape index (κ2) is 10.6. The monoisotopic (exact) mass is 577 g/mol. The number of rotatable bonds is 7. The number of pyridine rings is 2. The smallest absolute Gasteiger partial charge is 0.313 e. The summed E-state index contributed by atoms with van der Waals surface area (Å²) >= 11 is 0. The van der Waals surface area contributed by atoms with Crippen molar-refractivity contribution < 1.29 is 28.2 Å². The van der Waals surface area contributed by atoms with E-state index in [4.69, 9.17) is 20.2 Å². The Morgan fingerprint density at radius 2 is 2.05 bits per heavy atom. The molecule has 0 spiro atoms. The molecule has 2 aromatic heterocycles. The van der Waals surface area contributed by atoms with E-state index in [1.807, 2.05) is 6.07 Å². The van der Waals surface area contributed by atoms with E-state index in [0.29, 0.717) is 52.9 Å². The van der Waals surface area contributed by atoms with E-state index in [1.54, 1.807) is 25.3 Å². The Labute approximate surface area is 240 Å². The zero-order chi connectivity index (χ0) is 29.9. The number of ether oxygens (including phenoxy) is 2. The van der Waals surface area contributed by atoms with E-state index >= 15 is 4.39 Å². The summed E-state index contributed by atoms with van der Waals surface area (Å²) in [5.74, 6) is -2.11. The SMILES string of the molecule is CC[C@H](N)C(=O)NCOCC(=O)NC1CCc2c(C)c(F)cc3nc4c(c1c23)Cn1c-4cc2c(c1=O)COC(=O)[C@@H]2C. The van der Waals surface area contributed by atoms with Gasteiger partial charge in [-0.15, -0.1) is 0 Å². The maximum Gasteiger partial charge on any atom is 0.313 e. The Balaban J connectivity index is 1.37. The second-order valence-electron chi connectivity index (χ2n) is 11.1. The van der Waals surface area contributed by atoms with Crippen LogP contribution in [0.2, 0.25) is 0 Å². The van der Waals surface area contributed by atoms with Gasteiger partial charge in [-0.25, -0.2) is 9.37 Å². The van der Waals surface area contributed by atoms with Crippen LogP contribution in [0.4, 0.5) is 4.39 Å². The average molecular weight is 578 g/mol. The van der Waals surface area contributed by atoms with Gasteiger partial charge in [0.25, 0.3) is 5.56 Å². The number of carbonyl (C=O) groups excluding carboxylic acids is 3. The molecule has 12 heteroatoms. The van der Waals surface area contributed by atoms with Crippen LogP contribution in [-0.4, -0.2) is 46.7 Å². The van der Waals surface area contributed by atoms with Crippen LogP contribution in [0, 0.1) is 12.7 Å². The van der Waals surface area contributed by atoms with E-state index in [2.05, 4.69) is 10.6 Å². The predicted molar refractivity (Wildman–Crippen MR) is 150 cm³/mol. The molecule has 42 heavy (non-hydrogen) atoms. The van der Waals surface area contributed by atoms with Crippen LogP contribution >= 0.6 is 0 Å². The minimum atomic E-state index is -0.646. The quantitative estimate of drug-likeness (QED) is 0.171. The standard InChI is InChI=1S/C30H32FN5O6/c1-4-20(32)28(38)33-12-41-11-24(37)34-21-6-5-15-13(2)19(31)8-22-25(15)26(21)17-9-36-23(27(17)35-22)7-16-14(3)30(40)42-10-18(16)29(36)39/h7-8,14,20-21H,4-6,9-12,32H2,1-3H3,(H,33,38)(H,34,37)/t14-,20+,21?/m1/s1. The molecule has 0 fully saturated rings. The number of carbonyl (C=O) groups is 3. The van der Waals surface area contributed by atoms with Crippen molar-refractivity contribution in [2.24, 2.45) is 5.73 Å². The predicted octanol–water partition coefficient (Wildman–Crippen LogP) is 1.96. The fraction of sp³-hybridized carbons (Fsp3) is 0.433. The van der Waals surface area contributed by atoms with Gasteiger partial charge in [0.1, 0.15) is 25.8 Å². The van der Waals surface area contributed by atoms with Crippen molar-refractivity contribution >= 4 is 28.7 Å². The lowest BCUT2D eigenvalue weighted by molar-refractivity contribution is -0.148. The van der Waals surface area contributed by atoms with Crippen molar-refractivity contribution in [2.45, 2.75) is 71.2 Å². The first-order valence-corrected chi connectivity index (χ1v) is 14.1. The first-order chi connectivity index (χ1) is 20.1. The number of halogens is 1. The van der Waals surface area contributed by atoms with Crippen molar-refractivity contribution in [3.8, 4) is 11.4 Å². The van der Waals surface area contributed by atoms with Gasteiger partial charge in [-0.05, 0) is 61.4 Å². The van der Waals surface area contributed by atoms with Gasteiger partial charge in [0.15, 0.2) is 0 Å². The lowest BCUT2D eigenvalue weighted by Gasteiger charge is -2.29. The highest BCUT2D eigenvalue weighted by Crippen LogP contribution is 2.45. The topological polar surface area (TPSA) is 155 Å². The average Bonchev–Trinajstić information content (AvgIpc) is 3.34. The summed E-state index contributed by atoms with van der Waals surface area (Å²) < 4.78 is 27.2. The van der Waals surface area contributed by atoms with Crippen molar-refractivity contribution in [1.82, 2.24) is 20.2 Å². The molecule has 1 unspecified atom stereocenters. The molecule has 0 saturated carbocycles. The number of aryl methyl sites for hydroxylation is 1. The molecule has 2 aliphatic heterocycles. The number of aromatic nitrogens is 2. The molecule has 11 nitrogen and oxygen atoms in total. The Kier molecular flexibility index (Phi) is 7.06. The summed E-state index contributed by atoms with van der Waals surface area (Å²) in [6.45, 7) is 4.91. The summed E-state index contributed by atoms with van der Waals surface area (Å²) in [7, 11) is 0. The molecule has 3 aromatic rings. The number of esters is 1. The third-order valence-corrected chi connectivity index (χ3v) is 8.64. The van der Waals surface area contributed by atoms with E-state index in [-0.39, 0.29) is 49.7 Å². The van der Waals surface area contributed by atoms with E-state index < -0.39 is 24.0 Å². The zero-order valence-corrected chi connectivity index (χ0v) is 23.6. The van der Waals surface area contributed by atoms with Crippen molar-refractivity contribution in [2.75, 3.05) is 13.3 Å². The van der Waals surface area contributed by atoms with Gasteiger partial charge in [0, 0.05) is 17.0 Å². The lowest BCUT2D eigenvalue weighted by Crippen LogP contribution is -2.41. The molecule has 0 saturated heterocycles. The van der Waals surface area contributed by atoms with Crippen LogP contribution in [0.1, 0.15) is 72.0 Å². The third kappa shape index (κ3) is 4.45. The summed E-state index contributed by atoms with van der Waals surface area (Å²) in [6.07, 6.45) is 1.52. The van der Waals surface area contributed by atoms with Crippen LogP contribution in [0.15, 0.2) is 16.9 Å². The fourth-order valence-corrected chi connectivity index (χ4v) is 6.25. The molecule has 3 atom stereocenters. The molecule has 3 aliphatic rings. The number of nitrogens with zero attached hydrogens (tertiary/aromatic N) is 2. The number of nitrogens with one attached hydrogen (secondary N) is 2. The van der Waals surface area contributed by atoms with Crippen molar-refractivity contribution in [3.63, 3.8) is 0 Å². The van der Waals surface area contributed by atoms with Crippen LogP contribution < -0.4 is 21.9 Å². The maximum atomic E-state index is 15.0. The highest BCUT2D eigenvalue weighted by Gasteiger charge is 2.37. The van der Waals surface area contributed by atoms with Gasteiger partial charge in [-0.1, -0.05) is 6.92 Å². The normalized spacial score (nSPS) is 19.0. The van der Waals surface area contributed by atoms with Crippen molar-refractivity contribution in [3.05, 3.63) is 61.7 Å². The summed E-state index contributed by atoms with van der Waals surface area (Å²) in [4.78, 5) is 55.5. The minimum Gasteiger partial charge on any atom is -0.460 e. The van der Waals surface area contributed by atoms with Crippen LogP contribution in [0.25, 0.3) is 22.3 Å². The summed E-state index contributed by atoms with van der Waals surface area (Å²) in [5, 5.41) is 6.36. The number of cyclic esters (lactones) is 1. The van der Waals surface area contributed by atoms with Crippen molar-refractivity contribution in [1.29, 1.82) is 0 Å². The van der Waals surface area contributed by atoms with Gasteiger partial charge in [-0.3, -0.25) is 19.2 Å². The molecular formula is C30H32FN5O6. The van der Waals surface area contributed by atoms with Gasteiger partial charge in [0.05, 0.1) is 47.0 Å².